The highest BCUT2D eigenvalue weighted by molar-refractivity contribution is 6.35. The first-order valence-corrected chi connectivity index (χ1v) is 8.00. The van der Waals surface area contributed by atoms with Crippen molar-refractivity contribution >= 4 is 45.8 Å². The maximum atomic E-state index is 12.6. The molecule has 0 bridgehead atoms. The number of fused-ring (bicyclic) bond motifs is 1. The zero-order valence-corrected chi connectivity index (χ0v) is 14.6. The number of benzene rings is 1. The molecule has 3 aromatic rings. The number of aliphatic hydroxyl groups excluding tert-OH is 1. The van der Waals surface area contributed by atoms with Crippen molar-refractivity contribution < 1.29 is 14.3 Å². The number of aliphatic hydroxyl groups is 1. The van der Waals surface area contributed by atoms with E-state index in [1.54, 1.807) is 19.1 Å². The number of nitrogens with zero attached hydrogens (tertiary/aromatic N) is 1. The Bertz CT molecular complexity index is 1050. The molecule has 0 aliphatic rings. The summed E-state index contributed by atoms with van der Waals surface area (Å²) in [5.74, 6) is -0.571. The van der Waals surface area contributed by atoms with Crippen LogP contribution in [-0.2, 0) is 6.61 Å². The van der Waals surface area contributed by atoms with Crippen LogP contribution in [0.2, 0.25) is 10.0 Å². The molecule has 0 unspecified atom stereocenters. The molecule has 25 heavy (non-hydrogen) atoms. The average Bonchev–Trinajstić information content (AvgIpc) is 2.58. The van der Waals surface area contributed by atoms with Crippen molar-refractivity contribution in [1.82, 2.24) is 4.98 Å². The molecule has 0 atom stereocenters. The molecule has 0 aliphatic carbocycles. The Labute approximate surface area is 152 Å². The number of hydrogen-bond acceptors (Lipinski definition) is 5. The Hall–Kier alpha value is -2.41. The number of amides is 1. The van der Waals surface area contributed by atoms with Crippen molar-refractivity contribution in [2.45, 2.75) is 13.5 Å². The smallest absolute Gasteiger partial charge is 0.261 e. The molecule has 0 spiro atoms. The van der Waals surface area contributed by atoms with Crippen molar-refractivity contribution in [3.05, 3.63) is 62.9 Å². The number of carbonyl (C=O) groups excluding carboxylic acids is 1. The van der Waals surface area contributed by atoms with E-state index < -0.39 is 5.91 Å². The molecule has 1 amide bonds. The first kappa shape index (κ1) is 17.4. The van der Waals surface area contributed by atoms with Gasteiger partial charge in [-0.3, -0.25) is 15.2 Å². The van der Waals surface area contributed by atoms with E-state index in [1.165, 1.54) is 18.3 Å². The zero-order valence-electron chi connectivity index (χ0n) is 13.1. The Morgan fingerprint density at radius 1 is 1.36 bits per heavy atom. The van der Waals surface area contributed by atoms with Crippen LogP contribution >= 0.6 is 23.2 Å². The van der Waals surface area contributed by atoms with Gasteiger partial charge in [-0.2, -0.15) is 0 Å². The van der Waals surface area contributed by atoms with Crippen molar-refractivity contribution in [1.29, 1.82) is 5.41 Å². The predicted molar refractivity (Wildman–Crippen MR) is 94.9 cm³/mol. The second kappa shape index (κ2) is 6.84. The number of pyridine rings is 1. The van der Waals surface area contributed by atoms with Crippen LogP contribution in [0.4, 0.5) is 5.69 Å². The Balaban J connectivity index is 2.09. The molecule has 3 N–H and O–H groups in total. The zero-order chi connectivity index (χ0) is 18.1. The molecule has 8 heteroatoms. The topological polar surface area (TPSA) is 99.2 Å². The molecule has 0 saturated heterocycles. The van der Waals surface area contributed by atoms with Gasteiger partial charge in [0.1, 0.15) is 5.56 Å². The summed E-state index contributed by atoms with van der Waals surface area (Å²) in [6, 6.07) is 6.17. The summed E-state index contributed by atoms with van der Waals surface area (Å²) in [6.07, 6.45) is 1.51. The van der Waals surface area contributed by atoms with Crippen LogP contribution in [0.15, 0.2) is 34.9 Å². The highest BCUT2D eigenvalue weighted by atomic mass is 35.5. The van der Waals surface area contributed by atoms with E-state index in [4.69, 9.17) is 33.0 Å². The van der Waals surface area contributed by atoms with E-state index in [1.807, 2.05) is 0 Å². The number of anilines is 1. The maximum Gasteiger partial charge on any atom is 0.261 e. The van der Waals surface area contributed by atoms with Crippen LogP contribution in [0.5, 0.6) is 0 Å². The molecule has 128 valence electrons. The number of carbonyl (C=O) groups is 1. The van der Waals surface area contributed by atoms with E-state index in [9.17, 15) is 9.90 Å². The van der Waals surface area contributed by atoms with Crippen LogP contribution in [0.1, 0.15) is 21.6 Å². The number of nitrogens with one attached hydrogen (secondary N) is 2. The molecular weight excluding hydrogens is 365 g/mol. The summed E-state index contributed by atoms with van der Waals surface area (Å²) in [4.78, 5) is 16.7. The lowest BCUT2D eigenvalue weighted by molar-refractivity contribution is 0.102. The summed E-state index contributed by atoms with van der Waals surface area (Å²) in [5, 5.41) is 21.3. The first-order valence-electron chi connectivity index (χ1n) is 7.25. The predicted octanol–water partition coefficient (Wildman–Crippen LogP) is 3.67. The van der Waals surface area contributed by atoms with Gasteiger partial charge >= 0.3 is 0 Å². The van der Waals surface area contributed by atoms with Gasteiger partial charge in [-0.05, 0) is 31.2 Å². The Morgan fingerprint density at radius 2 is 2.12 bits per heavy atom. The molecule has 2 heterocycles. The molecule has 0 saturated carbocycles. The highest BCUT2D eigenvalue weighted by Gasteiger charge is 2.16. The lowest BCUT2D eigenvalue weighted by atomic mass is 10.1. The molecule has 0 aliphatic heterocycles. The molecule has 2 aromatic heterocycles. The van der Waals surface area contributed by atoms with Gasteiger partial charge in [-0.15, -0.1) is 0 Å². The van der Waals surface area contributed by atoms with E-state index in [2.05, 4.69) is 10.3 Å². The number of halogens is 2. The van der Waals surface area contributed by atoms with Crippen molar-refractivity contribution in [2.24, 2.45) is 0 Å². The van der Waals surface area contributed by atoms with E-state index in [0.717, 1.165) is 0 Å². The minimum Gasteiger partial charge on any atom is -0.436 e. The molecule has 3 rings (SSSR count). The van der Waals surface area contributed by atoms with Crippen molar-refractivity contribution in [3.8, 4) is 0 Å². The largest absolute Gasteiger partial charge is 0.436 e. The normalized spacial score (nSPS) is 10.9. The van der Waals surface area contributed by atoms with Crippen LogP contribution < -0.4 is 10.9 Å². The van der Waals surface area contributed by atoms with Gasteiger partial charge in [-0.1, -0.05) is 23.2 Å². The van der Waals surface area contributed by atoms with Gasteiger partial charge in [0.15, 0.2) is 5.58 Å². The van der Waals surface area contributed by atoms with Gasteiger partial charge in [0.25, 0.3) is 5.91 Å². The van der Waals surface area contributed by atoms with Gasteiger partial charge in [0.05, 0.1) is 23.0 Å². The quantitative estimate of drug-likeness (QED) is 0.648. The summed E-state index contributed by atoms with van der Waals surface area (Å²) in [5.41, 5.74) is 1.43. The SMILES string of the molecule is Cc1ncc(CO)c2cc(C(=O)Nc3cc(Cl)ccc3Cl)c(=N)oc12. The molecule has 6 nitrogen and oxygen atoms in total. The number of rotatable bonds is 3. The average molecular weight is 378 g/mol. The summed E-state index contributed by atoms with van der Waals surface area (Å²) < 4.78 is 5.45. The van der Waals surface area contributed by atoms with Gasteiger partial charge in [0.2, 0.25) is 5.55 Å². The van der Waals surface area contributed by atoms with Crippen LogP contribution in [0.3, 0.4) is 0 Å². The van der Waals surface area contributed by atoms with Crippen LogP contribution in [0.25, 0.3) is 11.0 Å². The molecule has 0 radical (unpaired) electrons. The minimum atomic E-state index is -0.571. The van der Waals surface area contributed by atoms with Gasteiger partial charge in [0, 0.05) is 22.2 Å². The third-order valence-corrected chi connectivity index (χ3v) is 4.23. The molecule has 1 aromatic carbocycles. The molecule has 0 fully saturated rings. The fourth-order valence-corrected chi connectivity index (χ4v) is 2.71. The third-order valence-electron chi connectivity index (χ3n) is 3.66. The Morgan fingerprint density at radius 3 is 2.84 bits per heavy atom. The second-order valence-corrected chi connectivity index (χ2v) is 6.18. The van der Waals surface area contributed by atoms with Crippen LogP contribution in [-0.4, -0.2) is 16.0 Å². The number of aromatic nitrogens is 1. The van der Waals surface area contributed by atoms with E-state index >= 15 is 0 Å². The standard InChI is InChI=1S/C17H13Cl2N3O3/c1-8-15-11(9(7-23)6-21-8)5-12(16(20)25-15)17(24)22-14-4-10(18)2-3-13(14)19/h2-6,20,23H,7H2,1H3,(H,22,24). The summed E-state index contributed by atoms with van der Waals surface area (Å²) >= 11 is 12.0. The number of aryl methyl sites for hydroxylation is 1. The number of hydrogen-bond donors (Lipinski definition) is 3. The maximum absolute atomic E-state index is 12.6. The Kier molecular flexibility index (Phi) is 4.76. The monoisotopic (exact) mass is 377 g/mol. The summed E-state index contributed by atoms with van der Waals surface area (Å²) in [7, 11) is 0. The fourth-order valence-electron chi connectivity index (χ4n) is 2.38. The van der Waals surface area contributed by atoms with Crippen molar-refractivity contribution in [2.75, 3.05) is 5.32 Å². The first-order chi connectivity index (χ1) is 11.9. The van der Waals surface area contributed by atoms with E-state index in [-0.39, 0.29) is 17.7 Å². The highest BCUT2D eigenvalue weighted by Crippen LogP contribution is 2.26. The van der Waals surface area contributed by atoms with Gasteiger partial charge < -0.3 is 14.8 Å². The second-order valence-electron chi connectivity index (χ2n) is 5.34. The van der Waals surface area contributed by atoms with Crippen LogP contribution in [0, 0.1) is 12.3 Å². The molecular formula is C17H13Cl2N3O3. The minimum absolute atomic E-state index is 0.00356. The van der Waals surface area contributed by atoms with Crippen molar-refractivity contribution in [3.63, 3.8) is 0 Å². The lowest BCUT2D eigenvalue weighted by Crippen LogP contribution is -2.21. The van der Waals surface area contributed by atoms with Gasteiger partial charge in [-0.25, -0.2) is 0 Å². The van der Waals surface area contributed by atoms with E-state index in [0.29, 0.717) is 38.0 Å². The summed E-state index contributed by atoms with van der Waals surface area (Å²) in [6.45, 7) is 1.45. The third kappa shape index (κ3) is 3.37. The lowest BCUT2D eigenvalue weighted by Gasteiger charge is -2.10. The fraction of sp³-hybridized carbons (Fsp3) is 0.118.